The predicted molar refractivity (Wildman–Crippen MR) is 72.0 cm³/mol. The largest absolute Gasteiger partial charge is 0.340 e. The van der Waals surface area contributed by atoms with E-state index in [1.807, 2.05) is 11.9 Å². The number of nitrogens with one attached hydrogen (secondary N) is 1. The molecule has 0 bridgehead atoms. The molecule has 0 unspecified atom stereocenters. The van der Waals surface area contributed by atoms with Gasteiger partial charge in [-0.3, -0.25) is 4.79 Å². The van der Waals surface area contributed by atoms with Gasteiger partial charge in [-0.2, -0.15) is 0 Å². The monoisotopic (exact) mass is 240 g/mol. The quantitative estimate of drug-likeness (QED) is 0.801. The zero-order valence-electron chi connectivity index (χ0n) is 11.9. The van der Waals surface area contributed by atoms with Gasteiger partial charge in [0.15, 0.2) is 0 Å². The number of carbonyl (C=O) groups is 1. The molecule has 0 aromatic carbocycles. The molecule has 0 heterocycles. The van der Waals surface area contributed by atoms with Gasteiger partial charge in [0.2, 0.25) is 5.91 Å². The van der Waals surface area contributed by atoms with E-state index in [2.05, 4.69) is 26.1 Å². The van der Waals surface area contributed by atoms with Gasteiger partial charge in [0.05, 0.1) is 0 Å². The van der Waals surface area contributed by atoms with Crippen LogP contribution >= 0.6 is 0 Å². The van der Waals surface area contributed by atoms with Crippen molar-refractivity contribution in [3.63, 3.8) is 0 Å². The first kappa shape index (κ1) is 14.5. The van der Waals surface area contributed by atoms with Gasteiger partial charge in [-0.05, 0) is 40.7 Å². The third-order valence-electron chi connectivity index (χ3n) is 4.11. The highest BCUT2D eigenvalue weighted by molar-refractivity contribution is 5.77. The molecule has 0 aliphatic heterocycles. The Balaban J connectivity index is 2.63. The lowest BCUT2D eigenvalue weighted by molar-refractivity contribution is -0.134. The molecule has 0 atom stereocenters. The summed E-state index contributed by atoms with van der Waals surface area (Å²) in [7, 11) is 2.00. The predicted octanol–water partition coefficient (Wildman–Crippen LogP) is 2.56. The molecule has 1 saturated carbocycles. The maximum atomic E-state index is 12.3. The first-order valence-electron chi connectivity index (χ1n) is 7.03. The van der Waals surface area contributed by atoms with Gasteiger partial charge in [-0.1, -0.05) is 19.3 Å². The molecule has 100 valence electrons. The lowest BCUT2D eigenvalue weighted by Crippen LogP contribution is -2.50. The second kappa shape index (κ2) is 6.39. The number of hydrogen-bond acceptors (Lipinski definition) is 2. The lowest BCUT2D eigenvalue weighted by atomic mass is 9.79. The second-order valence-corrected chi connectivity index (χ2v) is 5.54. The summed E-state index contributed by atoms with van der Waals surface area (Å²) in [6.45, 7) is 7.06. The van der Waals surface area contributed by atoms with E-state index in [4.69, 9.17) is 0 Å². The maximum Gasteiger partial charge on any atom is 0.224 e. The van der Waals surface area contributed by atoms with Crippen molar-refractivity contribution in [3.8, 4) is 0 Å². The minimum atomic E-state index is 0.0671. The highest BCUT2D eigenvalue weighted by Crippen LogP contribution is 2.31. The fourth-order valence-corrected chi connectivity index (χ4v) is 2.96. The Bertz CT molecular complexity index is 245. The normalized spacial score (nSPS) is 19.4. The first-order valence-corrected chi connectivity index (χ1v) is 7.03. The van der Waals surface area contributed by atoms with Crippen LogP contribution in [0.3, 0.4) is 0 Å². The van der Waals surface area contributed by atoms with Crippen LogP contribution in [0.2, 0.25) is 0 Å². The molecular formula is C14H28N2O. The van der Waals surface area contributed by atoms with Crippen LogP contribution in [0.5, 0.6) is 0 Å². The van der Waals surface area contributed by atoms with Gasteiger partial charge in [-0.15, -0.1) is 0 Å². The van der Waals surface area contributed by atoms with Gasteiger partial charge in [0.25, 0.3) is 0 Å². The van der Waals surface area contributed by atoms with E-state index in [1.165, 1.54) is 19.3 Å². The topological polar surface area (TPSA) is 32.3 Å². The summed E-state index contributed by atoms with van der Waals surface area (Å²) in [6.07, 6.45) is 6.77. The second-order valence-electron chi connectivity index (χ2n) is 5.54. The van der Waals surface area contributed by atoms with Crippen molar-refractivity contribution in [2.45, 2.75) is 70.9 Å². The minimum Gasteiger partial charge on any atom is -0.340 e. The molecule has 17 heavy (non-hydrogen) atoms. The number of hydrogen-bond donors (Lipinski definition) is 1. The van der Waals surface area contributed by atoms with E-state index in [0.29, 0.717) is 18.4 Å². The Kier molecular flexibility index (Phi) is 5.44. The fraction of sp³-hybridized carbons (Fsp3) is 0.929. The third kappa shape index (κ3) is 3.70. The molecule has 1 amide bonds. The van der Waals surface area contributed by atoms with Crippen LogP contribution in [0.15, 0.2) is 0 Å². The summed E-state index contributed by atoms with van der Waals surface area (Å²) in [5.41, 5.74) is 0.0671. The molecule has 3 heteroatoms. The molecule has 1 aliphatic carbocycles. The molecule has 1 rings (SSSR count). The zero-order valence-corrected chi connectivity index (χ0v) is 11.9. The van der Waals surface area contributed by atoms with Crippen molar-refractivity contribution in [1.29, 1.82) is 0 Å². The molecule has 0 radical (unpaired) electrons. The first-order chi connectivity index (χ1) is 8.04. The Morgan fingerprint density at radius 3 is 2.29 bits per heavy atom. The highest BCUT2D eigenvalue weighted by Gasteiger charge is 2.34. The average Bonchev–Trinajstić information content (AvgIpc) is 2.30. The molecule has 1 N–H and O–H groups in total. The summed E-state index contributed by atoms with van der Waals surface area (Å²) in [5.74, 6) is 0.304. The van der Waals surface area contributed by atoms with Crippen LogP contribution in [0, 0.1) is 0 Å². The van der Waals surface area contributed by atoms with E-state index in [-0.39, 0.29) is 5.54 Å². The summed E-state index contributed by atoms with van der Waals surface area (Å²) >= 11 is 0. The van der Waals surface area contributed by atoms with Crippen molar-refractivity contribution >= 4 is 5.91 Å². The lowest BCUT2D eigenvalue weighted by Gasteiger charge is -2.38. The minimum absolute atomic E-state index is 0.0671. The van der Waals surface area contributed by atoms with Crippen molar-refractivity contribution in [3.05, 3.63) is 0 Å². The molecule has 1 aliphatic rings. The molecule has 0 aromatic rings. The van der Waals surface area contributed by atoms with E-state index < -0.39 is 0 Å². The summed E-state index contributed by atoms with van der Waals surface area (Å²) in [6, 6.07) is 0.310. The Hall–Kier alpha value is -0.570. The molecule has 3 nitrogen and oxygen atoms in total. The average molecular weight is 240 g/mol. The van der Waals surface area contributed by atoms with Gasteiger partial charge in [0.1, 0.15) is 0 Å². The van der Waals surface area contributed by atoms with Crippen LogP contribution in [-0.2, 0) is 4.79 Å². The number of nitrogens with zero attached hydrogens (tertiary/aromatic N) is 1. The fourth-order valence-electron chi connectivity index (χ4n) is 2.96. The van der Waals surface area contributed by atoms with Gasteiger partial charge >= 0.3 is 0 Å². The van der Waals surface area contributed by atoms with Gasteiger partial charge in [-0.25, -0.2) is 0 Å². The number of rotatable bonds is 5. The number of amides is 1. The van der Waals surface area contributed by atoms with Gasteiger partial charge in [0, 0.05) is 24.5 Å². The summed E-state index contributed by atoms with van der Waals surface area (Å²) < 4.78 is 0. The Morgan fingerprint density at radius 1 is 1.29 bits per heavy atom. The molecule has 0 saturated heterocycles. The van der Waals surface area contributed by atoms with Crippen LogP contribution < -0.4 is 5.32 Å². The Morgan fingerprint density at radius 2 is 1.88 bits per heavy atom. The third-order valence-corrected chi connectivity index (χ3v) is 4.11. The zero-order chi connectivity index (χ0) is 12.9. The summed E-state index contributed by atoms with van der Waals surface area (Å²) in [4.78, 5) is 14.3. The molecular weight excluding hydrogens is 212 g/mol. The van der Waals surface area contributed by atoms with E-state index >= 15 is 0 Å². The van der Waals surface area contributed by atoms with Crippen LogP contribution in [-0.4, -0.2) is 36.0 Å². The molecule has 1 fully saturated rings. The standard InChI is InChI=1S/C14H28N2O/c1-5-16(12(2)3)13(17)11-14(15-4)9-7-6-8-10-14/h12,15H,5-11H2,1-4H3. The van der Waals surface area contributed by atoms with Crippen molar-refractivity contribution in [1.82, 2.24) is 10.2 Å². The van der Waals surface area contributed by atoms with Crippen molar-refractivity contribution < 1.29 is 4.79 Å². The van der Waals surface area contributed by atoms with Crippen LogP contribution in [0.1, 0.15) is 59.3 Å². The van der Waals surface area contributed by atoms with E-state index in [9.17, 15) is 4.79 Å². The Labute approximate surface area is 106 Å². The van der Waals surface area contributed by atoms with Gasteiger partial charge < -0.3 is 10.2 Å². The van der Waals surface area contributed by atoms with E-state index in [0.717, 1.165) is 19.4 Å². The maximum absolute atomic E-state index is 12.3. The van der Waals surface area contributed by atoms with Crippen LogP contribution in [0.4, 0.5) is 0 Å². The van der Waals surface area contributed by atoms with E-state index in [1.54, 1.807) is 0 Å². The SMILES string of the molecule is CCN(C(=O)CC1(NC)CCCCC1)C(C)C. The van der Waals surface area contributed by atoms with Crippen molar-refractivity contribution in [2.75, 3.05) is 13.6 Å². The highest BCUT2D eigenvalue weighted by atomic mass is 16.2. The smallest absolute Gasteiger partial charge is 0.224 e. The summed E-state index contributed by atoms with van der Waals surface area (Å²) in [5, 5.41) is 3.42. The van der Waals surface area contributed by atoms with Crippen molar-refractivity contribution in [2.24, 2.45) is 0 Å². The molecule has 0 aromatic heterocycles. The number of carbonyl (C=O) groups excluding carboxylic acids is 1. The molecule has 0 spiro atoms. The van der Waals surface area contributed by atoms with Crippen LogP contribution in [0.25, 0.3) is 0 Å².